The summed E-state index contributed by atoms with van der Waals surface area (Å²) in [7, 11) is -2.82. The van der Waals surface area contributed by atoms with E-state index in [1.807, 2.05) is 0 Å². The van der Waals surface area contributed by atoms with Crippen molar-refractivity contribution in [2.75, 3.05) is 20.3 Å². The van der Waals surface area contributed by atoms with Crippen molar-refractivity contribution in [2.45, 2.75) is 22.5 Å². The molecule has 0 unspecified atom stereocenters. The first-order valence-corrected chi connectivity index (χ1v) is 9.73. The molecule has 0 spiro atoms. The predicted molar refractivity (Wildman–Crippen MR) is 95.2 cm³/mol. The van der Waals surface area contributed by atoms with E-state index in [9.17, 15) is 18.0 Å². The van der Waals surface area contributed by atoms with Gasteiger partial charge < -0.3 is 9.47 Å². The van der Waals surface area contributed by atoms with Crippen LogP contribution in [0.15, 0.2) is 41.3 Å². The minimum absolute atomic E-state index is 0.0358. The highest BCUT2D eigenvalue weighted by Gasteiger charge is 2.52. The van der Waals surface area contributed by atoms with Crippen LogP contribution in [0.1, 0.15) is 23.2 Å². The fraction of sp³-hybridized carbons (Fsp3) is 0.333. The SMILES string of the molecule is COC(=O)c1ccc2cc(S(=O)(=O)C3(C(=O)NO)CCOCC3)ccc2c1. The molecule has 1 aliphatic rings. The predicted octanol–water partition coefficient (Wildman–Crippen LogP) is 1.45. The standard InChI is InChI=1S/C18H19NO7S/c1-25-16(20)14-3-2-13-11-15(5-4-12(13)10-14)27(23,24)18(17(21)19-22)6-8-26-9-7-18/h2-5,10-11,22H,6-9H2,1H3,(H,19,21). The number of nitrogens with one attached hydrogen (secondary N) is 1. The van der Waals surface area contributed by atoms with Crippen molar-refractivity contribution < 1.29 is 32.7 Å². The molecule has 9 heteroatoms. The molecule has 0 aliphatic carbocycles. The van der Waals surface area contributed by atoms with E-state index in [1.54, 1.807) is 18.2 Å². The number of carbonyl (C=O) groups excluding carboxylic acids is 2. The maximum absolute atomic E-state index is 13.3. The van der Waals surface area contributed by atoms with Crippen molar-refractivity contribution in [3.8, 4) is 0 Å². The molecule has 2 aromatic rings. The summed E-state index contributed by atoms with van der Waals surface area (Å²) < 4.78 is 34.6. The summed E-state index contributed by atoms with van der Waals surface area (Å²) in [5.41, 5.74) is 1.84. The monoisotopic (exact) mass is 393 g/mol. The van der Waals surface area contributed by atoms with Crippen LogP contribution in [0.2, 0.25) is 0 Å². The van der Waals surface area contributed by atoms with Crippen molar-refractivity contribution in [3.63, 3.8) is 0 Å². The van der Waals surface area contributed by atoms with Crippen LogP contribution in [0.3, 0.4) is 0 Å². The normalized spacial score (nSPS) is 16.7. The average molecular weight is 393 g/mol. The highest BCUT2D eigenvalue weighted by molar-refractivity contribution is 7.93. The minimum Gasteiger partial charge on any atom is -0.465 e. The molecule has 144 valence electrons. The number of hydrogen-bond donors (Lipinski definition) is 2. The lowest BCUT2D eigenvalue weighted by Gasteiger charge is -2.34. The van der Waals surface area contributed by atoms with Gasteiger partial charge in [0.1, 0.15) is 0 Å². The van der Waals surface area contributed by atoms with Gasteiger partial charge in [0, 0.05) is 13.2 Å². The zero-order chi connectivity index (χ0) is 19.7. The molecule has 8 nitrogen and oxygen atoms in total. The van der Waals surface area contributed by atoms with Gasteiger partial charge in [-0.25, -0.2) is 18.7 Å². The number of methoxy groups -OCH3 is 1. The first-order chi connectivity index (χ1) is 12.9. The molecule has 0 aromatic heterocycles. The molecular formula is C18H19NO7S. The number of sulfone groups is 1. The Kier molecular flexibility index (Phi) is 5.18. The second kappa shape index (κ2) is 7.26. The molecule has 0 bridgehead atoms. The summed E-state index contributed by atoms with van der Waals surface area (Å²) in [6.45, 7) is 0.200. The number of carbonyl (C=O) groups is 2. The first-order valence-electron chi connectivity index (χ1n) is 8.25. The summed E-state index contributed by atoms with van der Waals surface area (Å²) in [6, 6.07) is 9.16. The lowest BCUT2D eigenvalue weighted by Crippen LogP contribution is -2.54. The van der Waals surface area contributed by atoms with Gasteiger partial charge in [-0.1, -0.05) is 12.1 Å². The van der Waals surface area contributed by atoms with Gasteiger partial charge in [-0.2, -0.15) is 0 Å². The van der Waals surface area contributed by atoms with Crippen LogP contribution < -0.4 is 5.48 Å². The van der Waals surface area contributed by atoms with Crippen LogP contribution in [-0.4, -0.2) is 50.6 Å². The van der Waals surface area contributed by atoms with Crippen molar-refractivity contribution in [1.29, 1.82) is 0 Å². The number of benzene rings is 2. The zero-order valence-electron chi connectivity index (χ0n) is 14.6. The quantitative estimate of drug-likeness (QED) is 0.458. The second-order valence-corrected chi connectivity index (χ2v) is 8.53. The molecule has 0 radical (unpaired) electrons. The Hall–Kier alpha value is -2.49. The summed E-state index contributed by atoms with van der Waals surface area (Å²) in [5.74, 6) is -1.46. The van der Waals surface area contributed by atoms with E-state index in [4.69, 9.17) is 9.94 Å². The third-order valence-corrected chi connectivity index (χ3v) is 7.37. The van der Waals surface area contributed by atoms with Crippen molar-refractivity contribution in [1.82, 2.24) is 5.48 Å². The van der Waals surface area contributed by atoms with Gasteiger partial charge in [0.05, 0.1) is 17.6 Å². The summed E-state index contributed by atoms with van der Waals surface area (Å²) in [6.07, 6.45) is -0.109. The molecule has 2 N–H and O–H groups in total. The Morgan fingerprint density at radius 2 is 1.74 bits per heavy atom. The lowest BCUT2D eigenvalue weighted by atomic mass is 9.98. The molecule has 0 atom stereocenters. The average Bonchev–Trinajstić information content (AvgIpc) is 2.72. The number of amides is 1. The molecular weight excluding hydrogens is 374 g/mol. The lowest BCUT2D eigenvalue weighted by molar-refractivity contribution is -0.134. The highest BCUT2D eigenvalue weighted by Crippen LogP contribution is 2.36. The molecule has 1 amide bonds. The number of rotatable bonds is 4. The largest absolute Gasteiger partial charge is 0.465 e. The molecule has 1 aliphatic heterocycles. The summed E-state index contributed by atoms with van der Waals surface area (Å²) in [5, 5.41) is 10.3. The van der Waals surface area contributed by atoms with E-state index in [2.05, 4.69) is 4.74 Å². The van der Waals surface area contributed by atoms with E-state index in [-0.39, 0.29) is 31.0 Å². The van der Waals surface area contributed by atoms with Crippen LogP contribution in [0.4, 0.5) is 0 Å². The number of hydroxylamine groups is 1. The van der Waals surface area contributed by atoms with E-state index in [1.165, 1.54) is 30.8 Å². The molecule has 1 heterocycles. The third-order valence-electron chi connectivity index (χ3n) is 4.87. The fourth-order valence-electron chi connectivity index (χ4n) is 3.28. The Balaban J connectivity index is 2.09. The Morgan fingerprint density at radius 3 is 2.37 bits per heavy atom. The second-order valence-electron chi connectivity index (χ2n) is 6.27. The van der Waals surface area contributed by atoms with Crippen LogP contribution in [0.25, 0.3) is 10.8 Å². The Labute approximate surface area is 156 Å². The van der Waals surface area contributed by atoms with Crippen molar-refractivity contribution in [3.05, 3.63) is 42.0 Å². The number of fused-ring (bicyclic) bond motifs is 1. The number of hydrogen-bond acceptors (Lipinski definition) is 7. The summed E-state index contributed by atoms with van der Waals surface area (Å²) >= 11 is 0. The highest BCUT2D eigenvalue weighted by atomic mass is 32.2. The van der Waals surface area contributed by atoms with E-state index < -0.39 is 26.5 Å². The smallest absolute Gasteiger partial charge is 0.337 e. The van der Waals surface area contributed by atoms with Crippen LogP contribution in [0.5, 0.6) is 0 Å². The summed E-state index contributed by atoms with van der Waals surface area (Å²) in [4.78, 5) is 23.9. The molecule has 27 heavy (non-hydrogen) atoms. The van der Waals surface area contributed by atoms with Crippen LogP contribution in [0, 0.1) is 0 Å². The van der Waals surface area contributed by atoms with Crippen molar-refractivity contribution >= 4 is 32.5 Å². The first kappa shape index (κ1) is 19.3. The van der Waals surface area contributed by atoms with E-state index >= 15 is 0 Å². The van der Waals surface area contributed by atoms with Gasteiger partial charge in [0.15, 0.2) is 14.6 Å². The molecule has 0 saturated carbocycles. The van der Waals surface area contributed by atoms with Gasteiger partial charge in [0.2, 0.25) is 0 Å². The van der Waals surface area contributed by atoms with Gasteiger partial charge in [-0.05, 0) is 47.9 Å². The van der Waals surface area contributed by atoms with E-state index in [0.717, 1.165) is 0 Å². The minimum atomic E-state index is -4.10. The van der Waals surface area contributed by atoms with Gasteiger partial charge in [-0.15, -0.1) is 0 Å². The molecule has 1 saturated heterocycles. The Morgan fingerprint density at radius 1 is 1.11 bits per heavy atom. The molecule has 1 fully saturated rings. The number of esters is 1. The van der Waals surface area contributed by atoms with Gasteiger partial charge in [-0.3, -0.25) is 10.0 Å². The third kappa shape index (κ3) is 3.18. The van der Waals surface area contributed by atoms with E-state index in [0.29, 0.717) is 16.3 Å². The maximum atomic E-state index is 13.3. The van der Waals surface area contributed by atoms with Crippen molar-refractivity contribution in [2.24, 2.45) is 0 Å². The Bertz CT molecular complexity index is 994. The number of ether oxygens (including phenoxy) is 2. The zero-order valence-corrected chi connectivity index (χ0v) is 15.4. The fourth-order valence-corrected chi connectivity index (χ4v) is 5.26. The van der Waals surface area contributed by atoms with Gasteiger partial charge in [0.25, 0.3) is 5.91 Å². The van der Waals surface area contributed by atoms with Gasteiger partial charge >= 0.3 is 5.97 Å². The topological polar surface area (TPSA) is 119 Å². The molecule has 2 aromatic carbocycles. The maximum Gasteiger partial charge on any atom is 0.337 e. The van der Waals surface area contributed by atoms with Crippen LogP contribution in [-0.2, 0) is 24.1 Å². The van der Waals surface area contributed by atoms with Crippen LogP contribution >= 0.6 is 0 Å². The molecule has 3 rings (SSSR count).